The van der Waals surface area contributed by atoms with Crippen molar-refractivity contribution in [2.75, 3.05) is 6.54 Å². The fourth-order valence-corrected chi connectivity index (χ4v) is 1.37. The highest BCUT2D eigenvalue weighted by molar-refractivity contribution is 4.96. The standard InChI is InChI=1S/C11H25N3/c1-9(2)14(11(5,6)13)8-7-10(3,4)12/h1,7-8,12-13H2,2-6H3. The number of rotatable bonds is 5. The molecule has 0 saturated heterocycles. The first-order chi connectivity index (χ1) is 6.04. The highest BCUT2D eigenvalue weighted by atomic mass is 15.3. The Labute approximate surface area is 88.1 Å². The lowest BCUT2D eigenvalue weighted by molar-refractivity contribution is 0.161. The van der Waals surface area contributed by atoms with Crippen LogP contribution in [0.2, 0.25) is 0 Å². The van der Waals surface area contributed by atoms with Gasteiger partial charge in [0.15, 0.2) is 0 Å². The van der Waals surface area contributed by atoms with Gasteiger partial charge in [0.2, 0.25) is 0 Å². The molecule has 0 aliphatic heterocycles. The van der Waals surface area contributed by atoms with E-state index in [9.17, 15) is 0 Å². The number of hydrogen-bond acceptors (Lipinski definition) is 3. The Balaban J connectivity index is 4.35. The lowest BCUT2D eigenvalue weighted by atomic mass is 10.0. The van der Waals surface area contributed by atoms with Crippen LogP contribution in [-0.4, -0.2) is 22.6 Å². The van der Waals surface area contributed by atoms with Crippen LogP contribution in [0.25, 0.3) is 0 Å². The first-order valence-electron chi connectivity index (χ1n) is 5.05. The molecule has 0 atom stereocenters. The second kappa shape index (κ2) is 4.32. The molecule has 0 rings (SSSR count). The van der Waals surface area contributed by atoms with Crippen molar-refractivity contribution < 1.29 is 0 Å². The number of hydrogen-bond donors (Lipinski definition) is 2. The van der Waals surface area contributed by atoms with Crippen molar-refractivity contribution in [3.8, 4) is 0 Å². The van der Waals surface area contributed by atoms with Gasteiger partial charge in [-0.1, -0.05) is 6.58 Å². The summed E-state index contributed by atoms with van der Waals surface area (Å²) < 4.78 is 0. The smallest absolute Gasteiger partial charge is 0.0822 e. The Hall–Kier alpha value is -0.540. The van der Waals surface area contributed by atoms with Crippen molar-refractivity contribution in [1.82, 2.24) is 4.90 Å². The molecule has 14 heavy (non-hydrogen) atoms. The van der Waals surface area contributed by atoms with Crippen molar-refractivity contribution in [3.05, 3.63) is 12.3 Å². The van der Waals surface area contributed by atoms with E-state index in [4.69, 9.17) is 11.5 Å². The molecule has 0 spiro atoms. The van der Waals surface area contributed by atoms with Gasteiger partial charge >= 0.3 is 0 Å². The van der Waals surface area contributed by atoms with Crippen LogP contribution < -0.4 is 11.5 Å². The molecule has 3 heteroatoms. The van der Waals surface area contributed by atoms with Gasteiger partial charge in [0.25, 0.3) is 0 Å². The summed E-state index contributed by atoms with van der Waals surface area (Å²) in [6.07, 6.45) is 0.903. The summed E-state index contributed by atoms with van der Waals surface area (Å²) in [6.45, 7) is 14.7. The van der Waals surface area contributed by atoms with Gasteiger partial charge in [-0.3, -0.25) is 0 Å². The minimum Gasteiger partial charge on any atom is -0.358 e. The average Bonchev–Trinajstić information content (AvgIpc) is 1.79. The van der Waals surface area contributed by atoms with Crippen LogP contribution in [0.4, 0.5) is 0 Å². The maximum Gasteiger partial charge on any atom is 0.0822 e. The molecule has 0 unspecified atom stereocenters. The molecule has 0 aromatic carbocycles. The number of nitrogens with zero attached hydrogens (tertiary/aromatic N) is 1. The summed E-state index contributed by atoms with van der Waals surface area (Å²) in [5.74, 6) is 0. The quantitative estimate of drug-likeness (QED) is 0.662. The van der Waals surface area contributed by atoms with Crippen LogP contribution in [-0.2, 0) is 0 Å². The van der Waals surface area contributed by atoms with Crippen molar-refractivity contribution in [2.24, 2.45) is 11.5 Å². The summed E-state index contributed by atoms with van der Waals surface area (Å²) in [7, 11) is 0. The predicted octanol–water partition coefficient (Wildman–Crippen LogP) is 1.64. The summed E-state index contributed by atoms with van der Waals surface area (Å²) >= 11 is 0. The van der Waals surface area contributed by atoms with Gasteiger partial charge in [-0.05, 0) is 41.0 Å². The maximum atomic E-state index is 6.03. The van der Waals surface area contributed by atoms with Crippen LogP contribution in [0, 0.1) is 0 Å². The van der Waals surface area contributed by atoms with Crippen molar-refractivity contribution in [3.63, 3.8) is 0 Å². The minimum atomic E-state index is -0.364. The molecule has 0 heterocycles. The maximum absolute atomic E-state index is 6.03. The Bertz CT molecular complexity index is 196. The Morgan fingerprint density at radius 3 is 1.86 bits per heavy atom. The zero-order chi connectivity index (χ0) is 11.6. The summed E-state index contributed by atoms with van der Waals surface area (Å²) in [6, 6.07) is 0. The van der Waals surface area contributed by atoms with Crippen molar-refractivity contribution in [2.45, 2.75) is 52.2 Å². The largest absolute Gasteiger partial charge is 0.358 e. The van der Waals surface area contributed by atoms with Crippen LogP contribution in [0.3, 0.4) is 0 Å². The monoisotopic (exact) mass is 199 g/mol. The van der Waals surface area contributed by atoms with Crippen LogP contribution >= 0.6 is 0 Å². The van der Waals surface area contributed by atoms with Gasteiger partial charge in [-0.25, -0.2) is 0 Å². The van der Waals surface area contributed by atoms with Gasteiger partial charge in [-0.2, -0.15) is 0 Å². The van der Waals surface area contributed by atoms with E-state index < -0.39 is 0 Å². The molecule has 0 amide bonds. The third-order valence-electron chi connectivity index (χ3n) is 2.14. The third-order valence-corrected chi connectivity index (χ3v) is 2.14. The third kappa shape index (κ3) is 5.25. The lowest BCUT2D eigenvalue weighted by Gasteiger charge is -2.39. The lowest BCUT2D eigenvalue weighted by Crippen LogP contribution is -2.51. The minimum absolute atomic E-state index is 0.154. The molecule has 0 bridgehead atoms. The fraction of sp³-hybridized carbons (Fsp3) is 0.818. The molecule has 0 aromatic rings. The molecule has 0 radical (unpaired) electrons. The van der Waals surface area contributed by atoms with E-state index in [1.54, 1.807) is 0 Å². The molecule has 0 fully saturated rings. The zero-order valence-corrected chi connectivity index (χ0v) is 10.2. The van der Waals surface area contributed by atoms with E-state index in [-0.39, 0.29) is 11.2 Å². The van der Waals surface area contributed by atoms with Gasteiger partial charge < -0.3 is 16.4 Å². The first kappa shape index (κ1) is 13.5. The van der Waals surface area contributed by atoms with Gasteiger partial charge in [-0.15, -0.1) is 0 Å². The van der Waals surface area contributed by atoms with E-state index in [1.165, 1.54) is 0 Å². The van der Waals surface area contributed by atoms with Gasteiger partial charge in [0.1, 0.15) is 0 Å². The highest BCUT2D eigenvalue weighted by Gasteiger charge is 2.22. The SMILES string of the molecule is C=C(C)N(CCC(C)(C)N)C(C)(C)N. The molecule has 0 saturated carbocycles. The fourth-order valence-electron chi connectivity index (χ4n) is 1.37. The summed E-state index contributed by atoms with van der Waals surface area (Å²) in [5.41, 5.74) is 12.4. The number of nitrogens with two attached hydrogens (primary N) is 2. The normalized spacial score (nSPS) is 12.8. The summed E-state index contributed by atoms with van der Waals surface area (Å²) in [5, 5.41) is 0. The summed E-state index contributed by atoms with van der Waals surface area (Å²) in [4.78, 5) is 2.08. The van der Waals surface area contributed by atoms with Crippen LogP contribution in [0.15, 0.2) is 12.3 Å². The molecule has 0 aliphatic rings. The van der Waals surface area contributed by atoms with Gasteiger partial charge in [0, 0.05) is 17.8 Å². The molecule has 0 aliphatic carbocycles. The van der Waals surface area contributed by atoms with E-state index >= 15 is 0 Å². The molecular weight excluding hydrogens is 174 g/mol. The van der Waals surface area contributed by atoms with Gasteiger partial charge in [0.05, 0.1) is 5.66 Å². The Kier molecular flexibility index (Phi) is 4.15. The molecule has 4 N–H and O–H groups in total. The Morgan fingerprint density at radius 1 is 1.21 bits per heavy atom. The zero-order valence-electron chi connectivity index (χ0n) is 10.2. The topological polar surface area (TPSA) is 55.3 Å². The second-order valence-electron chi connectivity index (χ2n) is 5.28. The van der Waals surface area contributed by atoms with E-state index in [0.717, 1.165) is 18.7 Å². The highest BCUT2D eigenvalue weighted by Crippen LogP contribution is 2.16. The van der Waals surface area contributed by atoms with Crippen LogP contribution in [0.5, 0.6) is 0 Å². The van der Waals surface area contributed by atoms with E-state index in [2.05, 4.69) is 11.5 Å². The van der Waals surface area contributed by atoms with Crippen molar-refractivity contribution in [1.29, 1.82) is 0 Å². The number of allylic oxidation sites excluding steroid dienone is 1. The predicted molar refractivity (Wildman–Crippen MR) is 62.7 cm³/mol. The second-order valence-corrected chi connectivity index (χ2v) is 5.28. The molecular formula is C11H25N3. The Morgan fingerprint density at radius 2 is 1.64 bits per heavy atom. The average molecular weight is 199 g/mol. The molecule has 0 aromatic heterocycles. The van der Waals surface area contributed by atoms with Crippen LogP contribution in [0.1, 0.15) is 41.0 Å². The molecule has 84 valence electrons. The molecule has 3 nitrogen and oxygen atoms in total. The van der Waals surface area contributed by atoms with E-state index in [0.29, 0.717) is 0 Å². The first-order valence-corrected chi connectivity index (χ1v) is 5.05. The van der Waals surface area contributed by atoms with Crippen molar-refractivity contribution >= 4 is 0 Å². The van der Waals surface area contributed by atoms with E-state index in [1.807, 2.05) is 34.6 Å².